The van der Waals surface area contributed by atoms with Gasteiger partial charge in [-0.15, -0.1) is 0 Å². The quantitative estimate of drug-likeness (QED) is 0.535. The number of Topliss-reactive ketones (excluding diaryl/α,β-unsaturated/α-hetero) is 1. The molecule has 7 heteroatoms. The number of aliphatic carboxylic acids is 1. The molecule has 7 nitrogen and oxygen atoms in total. The lowest BCUT2D eigenvalue weighted by atomic mass is 9.61. The normalized spacial score (nSPS) is 34.7. The average molecular weight is 349 g/mol. The number of carboxylic acids is 1. The molecule has 0 spiro atoms. The van der Waals surface area contributed by atoms with Gasteiger partial charge < -0.3 is 20.1 Å². The molecule has 0 aliphatic carbocycles. The van der Waals surface area contributed by atoms with Gasteiger partial charge in [-0.1, -0.05) is 0 Å². The van der Waals surface area contributed by atoms with Gasteiger partial charge in [0.2, 0.25) is 0 Å². The lowest BCUT2D eigenvalue weighted by Crippen LogP contribution is -2.69. The number of ketones is 1. The summed E-state index contributed by atoms with van der Waals surface area (Å²) in [6.45, 7) is 0.989. The molecule has 2 saturated heterocycles. The van der Waals surface area contributed by atoms with E-state index in [1.54, 1.807) is 0 Å². The smallest absolute Gasteiger partial charge is 0.314 e. The third-order valence-corrected chi connectivity index (χ3v) is 6.07. The van der Waals surface area contributed by atoms with Crippen molar-refractivity contribution in [1.29, 1.82) is 0 Å². The minimum atomic E-state index is -1.98. The molecule has 2 heterocycles. The Balaban J connectivity index is 2.00. The van der Waals surface area contributed by atoms with Gasteiger partial charge in [-0.05, 0) is 51.1 Å². The largest absolute Gasteiger partial charge is 0.481 e. The Morgan fingerprint density at radius 3 is 2.48 bits per heavy atom. The number of carbonyl (C=O) groups is 2. The molecule has 0 saturated carbocycles. The van der Waals surface area contributed by atoms with E-state index in [9.17, 15) is 19.8 Å². The summed E-state index contributed by atoms with van der Waals surface area (Å²) in [5.74, 6) is -1.37. The summed E-state index contributed by atoms with van der Waals surface area (Å²) in [5.41, 5.74) is -3.34. The van der Waals surface area contributed by atoms with Crippen LogP contribution < -0.4 is 4.74 Å². The lowest BCUT2D eigenvalue weighted by Gasteiger charge is -2.52. The molecule has 2 bridgehead atoms. The van der Waals surface area contributed by atoms with E-state index in [2.05, 4.69) is 0 Å². The van der Waals surface area contributed by atoms with E-state index < -0.39 is 35.6 Å². The molecular weight excluding hydrogens is 326 g/mol. The van der Waals surface area contributed by atoms with Crippen LogP contribution in [0.5, 0.6) is 5.75 Å². The van der Waals surface area contributed by atoms with Gasteiger partial charge in [0, 0.05) is 24.1 Å². The van der Waals surface area contributed by atoms with Gasteiger partial charge in [-0.25, -0.2) is 0 Å². The zero-order valence-corrected chi connectivity index (χ0v) is 14.3. The summed E-state index contributed by atoms with van der Waals surface area (Å²) in [6, 6.07) is 5.57. The fraction of sp³-hybridized carbons (Fsp3) is 0.556. The van der Waals surface area contributed by atoms with Crippen molar-refractivity contribution < 1.29 is 29.6 Å². The minimum absolute atomic E-state index is 0.0108. The topological polar surface area (TPSA) is 107 Å². The number of hydrogen-bond donors (Lipinski definition) is 3. The number of piperidine rings is 1. The van der Waals surface area contributed by atoms with E-state index >= 15 is 0 Å². The predicted molar refractivity (Wildman–Crippen MR) is 88.4 cm³/mol. The molecule has 0 aromatic heterocycles. The van der Waals surface area contributed by atoms with Crippen molar-refractivity contribution in [2.45, 2.75) is 43.9 Å². The maximum Gasteiger partial charge on any atom is 0.314 e. The number of ether oxygens (including phenoxy) is 1. The number of fused-ring (bicyclic) bond motifs is 2. The zero-order chi connectivity index (χ0) is 18.4. The first-order chi connectivity index (χ1) is 11.8. The van der Waals surface area contributed by atoms with Gasteiger partial charge in [0.15, 0.2) is 12.6 Å². The zero-order valence-electron chi connectivity index (χ0n) is 14.3. The van der Waals surface area contributed by atoms with Crippen LogP contribution in [-0.4, -0.2) is 63.5 Å². The fourth-order valence-corrected chi connectivity index (χ4v) is 4.45. The van der Waals surface area contributed by atoms with Crippen LogP contribution in [0.25, 0.3) is 0 Å². The van der Waals surface area contributed by atoms with Gasteiger partial charge in [0.1, 0.15) is 16.8 Å². The van der Waals surface area contributed by atoms with Gasteiger partial charge in [-0.3, -0.25) is 14.5 Å². The van der Waals surface area contributed by atoms with Crippen LogP contribution in [0.4, 0.5) is 0 Å². The molecule has 0 radical (unpaired) electrons. The molecule has 2 aliphatic heterocycles. The summed E-state index contributed by atoms with van der Waals surface area (Å²) in [7, 11) is 1.86. The molecule has 1 aromatic rings. The second-order valence-corrected chi connectivity index (χ2v) is 7.11. The van der Waals surface area contributed by atoms with Crippen LogP contribution in [0, 0.1) is 5.41 Å². The molecule has 2 aliphatic rings. The molecule has 1 aromatic carbocycles. The Bertz CT molecular complexity index is 689. The van der Waals surface area contributed by atoms with Crippen molar-refractivity contribution in [3.8, 4) is 5.75 Å². The molecule has 25 heavy (non-hydrogen) atoms. The third kappa shape index (κ3) is 2.46. The Labute approximate surface area is 145 Å². The Kier molecular flexibility index (Phi) is 4.35. The number of aliphatic hydroxyl groups is 2. The second-order valence-electron chi connectivity index (χ2n) is 7.11. The Hall–Kier alpha value is -1.96. The van der Waals surface area contributed by atoms with E-state index in [-0.39, 0.29) is 18.0 Å². The third-order valence-electron chi connectivity index (χ3n) is 6.07. The highest BCUT2D eigenvalue weighted by molar-refractivity contribution is 6.06. The van der Waals surface area contributed by atoms with Crippen LogP contribution in [0.1, 0.15) is 36.5 Å². The molecule has 2 fully saturated rings. The average Bonchev–Trinajstić information content (AvgIpc) is 2.88. The number of nitrogens with zero attached hydrogens (tertiary/aromatic N) is 1. The Morgan fingerprint density at radius 1 is 1.28 bits per heavy atom. The van der Waals surface area contributed by atoms with Crippen molar-refractivity contribution >= 4 is 11.8 Å². The Morgan fingerprint density at radius 2 is 1.92 bits per heavy atom. The number of aliphatic hydroxyl groups excluding tert-OH is 1. The first-order valence-corrected chi connectivity index (χ1v) is 8.32. The summed E-state index contributed by atoms with van der Waals surface area (Å²) in [4.78, 5) is 27.2. The number of carboxylic acid groups (broad SMARTS) is 1. The number of rotatable bonds is 5. The van der Waals surface area contributed by atoms with E-state index in [0.717, 1.165) is 6.42 Å². The van der Waals surface area contributed by atoms with Crippen LogP contribution in [0.3, 0.4) is 0 Å². The molecular formula is C18H23NO6. The molecule has 3 rings (SSSR count). The second kappa shape index (κ2) is 6.09. The highest BCUT2D eigenvalue weighted by Gasteiger charge is 2.67. The molecule has 3 N–H and O–H groups in total. The van der Waals surface area contributed by atoms with Gasteiger partial charge in [0.05, 0.1) is 0 Å². The number of benzene rings is 1. The molecule has 136 valence electrons. The summed E-state index contributed by atoms with van der Waals surface area (Å²) >= 11 is 0. The van der Waals surface area contributed by atoms with Crippen LogP contribution in [0.2, 0.25) is 0 Å². The first kappa shape index (κ1) is 17.8. The van der Waals surface area contributed by atoms with Gasteiger partial charge >= 0.3 is 5.97 Å². The van der Waals surface area contributed by atoms with Gasteiger partial charge in [-0.2, -0.15) is 0 Å². The van der Waals surface area contributed by atoms with E-state index in [0.29, 0.717) is 12.2 Å². The van der Waals surface area contributed by atoms with E-state index in [1.165, 1.54) is 31.2 Å². The maximum atomic E-state index is 13.1. The summed E-state index contributed by atoms with van der Waals surface area (Å²) in [6.07, 6.45) is 1.50. The van der Waals surface area contributed by atoms with Crippen LogP contribution >= 0.6 is 0 Å². The highest BCUT2D eigenvalue weighted by atomic mass is 16.6. The maximum absolute atomic E-state index is 13.1. The SMILES string of the molecule is CN1[C@H]2CC[C@@H]1[C@@](C)(C(=O)O)[C@](O)(C(=O)c1ccc(OCO)cc1)C2. The molecule has 0 amide bonds. The monoisotopic (exact) mass is 349 g/mol. The summed E-state index contributed by atoms with van der Waals surface area (Å²) < 4.78 is 4.93. The van der Waals surface area contributed by atoms with Crippen LogP contribution in [-0.2, 0) is 4.79 Å². The standard InChI is InChI=1S/C18H23NO6/c1-17(16(22)23)14-8-5-12(19(14)2)9-18(17,24)15(21)11-3-6-13(7-4-11)25-10-20/h3-4,6-7,12,14,20,24H,5,8-10H2,1-2H3,(H,22,23)/t12-,14+,17-,18+/m0/s1. The van der Waals surface area contributed by atoms with E-state index in [4.69, 9.17) is 9.84 Å². The van der Waals surface area contributed by atoms with Crippen LogP contribution in [0.15, 0.2) is 24.3 Å². The highest BCUT2D eigenvalue weighted by Crippen LogP contribution is 2.52. The predicted octanol–water partition coefficient (Wildman–Crippen LogP) is 0.886. The van der Waals surface area contributed by atoms with Gasteiger partial charge in [0.25, 0.3) is 0 Å². The molecule has 0 unspecified atom stereocenters. The summed E-state index contributed by atoms with van der Waals surface area (Å²) in [5, 5.41) is 30.0. The number of hydrogen-bond acceptors (Lipinski definition) is 6. The van der Waals surface area contributed by atoms with Crippen molar-refractivity contribution in [2.75, 3.05) is 13.8 Å². The first-order valence-electron chi connectivity index (χ1n) is 8.32. The van der Waals surface area contributed by atoms with Crippen molar-refractivity contribution in [2.24, 2.45) is 5.41 Å². The van der Waals surface area contributed by atoms with Crippen molar-refractivity contribution in [3.63, 3.8) is 0 Å². The van der Waals surface area contributed by atoms with E-state index in [1.807, 2.05) is 11.9 Å². The fourth-order valence-electron chi connectivity index (χ4n) is 4.45. The van der Waals surface area contributed by atoms with Crippen molar-refractivity contribution in [1.82, 2.24) is 4.90 Å². The van der Waals surface area contributed by atoms with Crippen molar-refractivity contribution in [3.05, 3.63) is 29.8 Å². The lowest BCUT2D eigenvalue weighted by molar-refractivity contribution is -0.179. The number of carbonyl (C=O) groups excluding carboxylic acids is 1. The minimum Gasteiger partial charge on any atom is -0.481 e. The molecule has 4 atom stereocenters.